The number of carbonyl (C=O) groups excluding carboxylic acids is 2. The first-order valence-corrected chi connectivity index (χ1v) is 11.9. The number of hydrogen-bond acceptors (Lipinski definition) is 5. The topological polar surface area (TPSA) is 84.9 Å². The third kappa shape index (κ3) is 4.34. The van der Waals surface area contributed by atoms with Crippen molar-refractivity contribution < 1.29 is 28.6 Å². The summed E-state index contributed by atoms with van der Waals surface area (Å²) in [6.45, 7) is 0.525. The molecule has 180 valence electrons. The highest BCUT2D eigenvalue weighted by Crippen LogP contribution is 2.55. The molecule has 6 rings (SSSR count). The third-order valence-electron chi connectivity index (χ3n) is 7.69. The molecule has 4 aliphatic carbocycles. The average Bonchev–Trinajstić information content (AvgIpc) is 2.80. The maximum Gasteiger partial charge on any atom is 0.255 e. The summed E-state index contributed by atoms with van der Waals surface area (Å²) in [6.07, 6.45) is 4.43. The number of ketones is 1. The molecule has 4 saturated carbocycles. The van der Waals surface area contributed by atoms with Gasteiger partial charge in [0.05, 0.1) is 23.3 Å². The van der Waals surface area contributed by atoms with E-state index in [1.54, 1.807) is 19.2 Å². The molecule has 2 atom stereocenters. The SMILES string of the molecule is COCCOc1cc(C(=O)c2ccccc2F)ccc1C(=O)NC1C2CC3CC1CC(O)(C3)C2. The summed E-state index contributed by atoms with van der Waals surface area (Å²) in [5, 5.41) is 14.0. The largest absolute Gasteiger partial charge is 0.490 e. The van der Waals surface area contributed by atoms with Gasteiger partial charge in [-0.05, 0) is 80.2 Å². The first-order valence-electron chi connectivity index (χ1n) is 11.9. The van der Waals surface area contributed by atoms with Crippen LogP contribution in [0.25, 0.3) is 0 Å². The van der Waals surface area contributed by atoms with E-state index in [4.69, 9.17) is 9.47 Å². The molecule has 1 amide bonds. The fourth-order valence-electron chi connectivity index (χ4n) is 6.45. The second-order valence-electron chi connectivity index (χ2n) is 10.1. The zero-order valence-electron chi connectivity index (χ0n) is 19.3. The van der Waals surface area contributed by atoms with Crippen molar-refractivity contribution in [3.8, 4) is 5.75 Å². The number of nitrogens with one attached hydrogen (secondary N) is 1. The molecule has 0 heterocycles. The molecule has 6 nitrogen and oxygen atoms in total. The van der Waals surface area contributed by atoms with Crippen LogP contribution in [0.3, 0.4) is 0 Å². The molecular weight excluding hydrogens is 437 g/mol. The minimum Gasteiger partial charge on any atom is -0.490 e. The molecule has 0 radical (unpaired) electrons. The fourth-order valence-corrected chi connectivity index (χ4v) is 6.45. The molecule has 4 fully saturated rings. The predicted molar refractivity (Wildman–Crippen MR) is 123 cm³/mol. The van der Waals surface area contributed by atoms with E-state index in [0.29, 0.717) is 18.1 Å². The first-order chi connectivity index (χ1) is 16.4. The quantitative estimate of drug-likeness (QED) is 0.456. The number of aliphatic hydroxyl groups is 1. The Balaban J connectivity index is 1.38. The van der Waals surface area contributed by atoms with E-state index in [-0.39, 0.29) is 47.3 Å². The van der Waals surface area contributed by atoms with Gasteiger partial charge in [0.15, 0.2) is 5.78 Å². The van der Waals surface area contributed by atoms with Crippen molar-refractivity contribution in [2.45, 2.75) is 43.7 Å². The number of hydrogen-bond donors (Lipinski definition) is 2. The maximum absolute atomic E-state index is 14.2. The molecule has 0 aromatic heterocycles. The Morgan fingerprint density at radius 2 is 1.79 bits per heavy atom. The van der Waals surface area contributed by atoms with Gasteiger partial charge in [0.25, 0.3) is 5.91 Å². The molecule has 0 spiro atoms. The van der Waals surface area contributed by atoms with Gasteiger partial charge in [0, 0.05) is 18.7 Å². The lowest BCUT2D eigenvalue weighted by Gasteiger charge is -2.58. The van der Waals surface area contributed by atoms with Gasteiger partial charge in [0.1, 0.15) is 18.2 Å². The molecule has 0 aliphatic heterocycles. The molecule has 7 heteroatoms. The lowest BCUT2D eigenvalue weighted by molar-refractivity contribution is -0.136. The van der Waals surface area contributed by atoms with Gasteiger partial charge in [-0.3, -0.25) is 9.59 Å². The van der Waals surface area contributed by atoms with Crippen molar-refractivity contribution in [2.75, 3.05) is 20.3 Å². The molecule has 2 aromatic carbocycles. The minimum absolute atomic E-state index is 0.0240. The molecule has 2 unspecified atom stereocenters. The standard InChI is InChI=1S/C27H30FNO5/c1-33-8-9-34-23-12-17(25(30)20-4-2-3-5-22(20)28)6-7-21(23)26(31)29-24-18-10-16-11-19(24)15-27(32,13-16)14-18/h2-7,12,16,18-19,24,32H,8-11,13-15H2,1H3,(H,29,31). The van der Waals surface area contributed by atoms with Crippen LogP contribution in [0.15, 0.2) is 42.5 Å². The minimum atomic E-state index is -0.597. The Labute approximate surface area is 198 Å². The predicted octanol–water partition coefficient (Wildman–Crippen LogP) is 3.75. The molecule has 2 N–H and O–H groups in total. The van der Waals surface area contributed by atoms with Crippen LogP contribution in [0.4, 0.5) is 4.39 Å². The van der Waals surface area contributed by atoms with E-state index in [1.807, 2.05) is 0 Å². The Morgan fingerprint density at radius 3 is 2.47 bits per heavy atom. The van der Waals surface area contributed by atoms with Gasteiger partial charge in [-0.25, -0.2) is 4.39 Å². The van der Waals surface area contributed by atoms with Crippen molar-refractivity contribution in [3.05, 3.63) is 65.0 Å². The summed E-state index contributed by atoms with van der Waals surface area (Å²) in [7, 11) is 1.55. The van der Waals surface area contributed by atoms with Gasteiger partial charge < -0.3 is 19.9 Å². The highest BCUT2D eigenvalue weighted by Gasteiger charge is 2.55. The number of ether oxygens (including phenoxy) is 2. The average molecular weight is 468 g/mol. The lowest BCUT2D eigenvalue weighted by Crippen LogP contribution is -2.61. The van der Waals surface area contributed by atoms with Crippen LogP contribution in [0, 0.1) is 23.6 Å². The molecule has 4 bridgehead atoms. The number of carbonyl (C=O) groups is 2. The van der Waals surface area contributed by atoms with Crippen molar-refractivity contribution >= 4 is 11.7 Å². The molecule has 4 aliphatic rings. The number of benzene rings is 2. The van der Waals surface area contributed by atoms with Gasteiger partial charge >= 0.3 is 0 Å². The van der Waals surface area contributed by atoms with Crippen LogP contribution in [0.2, 0.25) is 0 Å². The highest BCUT2D eigenvalue weighted by atomic mass is 19.1. The van der Waals surface area contributed by atoms with E-state index in [2.05, 4.69) is 5.32 Å². The van der Waals surface area contributed by atoms with E-state index < -0.39 is 17.2 Å². The number of methoxy groups -OCH3 is 1. The molecule has 0 saturated heterocycles. The second kappa shape index (κ2) is 9.12. The van der Waals surface area contributed by atoms with E-state index in [1.165, 1.54) is 30.3 Å². The van der Waals surface area contributed by atoms with Crippen molar-refractivity contribution in [2.24, 2.45) is 17.8 Å². The summed E-state index contributed by atoms with van der Waals surface area (Å²) in [5.41, 5.74) is -0.0328. The van der Waals surface area contributed by atoms with E-state index in [9.17, 15) is 19.1 Å². The van der Waals surface area contributed by atoms with Crippen LogP contribution < -0.4 is 10.1 Å². The summed E-state index contributed by atoms with van der Waals surface area (Å²) >= 11 is 0. The first kappa shape index (κ1) is 23.0. The van der Waals surface area contributed by atoms with Crippen LogP contribution in [-0.4, -0.2) is 48.8 Å². The van der Waals surface area contributed by atoms with Crippen molar-refractivity contribution in [1.29, 1.82) is 0 Å². The van der Waals surface area contributed by atoms with Crippen LogP contribution in [0.5, 0.6) is 5.75 Å². The van der Waals surface area contributed by atoms with Gasteiger partial charge in [-0.2, -0.15) is 0 Å². The van der Waals surface area contributed by atoms with E-state index in [0.717, 1.165) is 32.1 Å². The zero-order valence-corrected chi connectivity index (χ0v) is 19.3. The molecular formula is C27H30FNO5. The smallest absolute Gasteiger partial charge is 0.255 e. The van der Waals surface area contributed by atoms with Gasteiger partial charge in [-0.1, -0.05) is 12.1 Å². The van der Waals surface area contributed by atoms with Gasteiger partial charge in [0.2, 0.25) is 0 Å². The van der Waals surface area contributed by atoms with Crippen LogP contribution >= 0.6 is 0 Å². The fraction of sp³-hybridized carbons (Fsp3) is 0.481. The molecule has 2 aromatic rings. The zero-order chi connectivity index (χ0) is 23.9. The Bertz CT molecular complexity index is 1090. The Hall–Kier alpha value is -2.77. The van der Waals surface area contributed by atoms with Crippen molar-refractivity contribution in [3.63, 3.8) is 0 Å². The van der Waals surface area contributed by atoms with E-state index >= 15 is 0 Å². The summed E-state index contributed by atoms with van der Waals surface area (Å²) < 4.78 is 25.0. The normalized spacial score (nSPS) is 29.1. The maximum atomic E-state index is 14.2. The van der Waals surface area contributed by atoms with Crippen LogP contribution in [0.1, 0.15) is 58.4 Å². The monoisotopic (exact) mass is 467 g/mol. The van der Waals surface area contributed by atoms with Gasteiger partial charge in [-0.15, -0.1) is 0 Å². The second-order valence-corrected chi connectivity index (χ2v) is 10.1. The molecule has 34 heavy (non-hydrogen) atoms. The van der Waals surface area contributed by atoms with Crippen molar-refractivity contribution in [1.82, 2.24) is 5.32 Å². The third-order valence-corrected chi connectivity index (χ3v) is 7.69. The number of amides is 1. The number of rotatable bonds is 8. The summed E-state index contributed by atoms with van der Waals surface area (Å²) in [6, 6.07) is 10.4. The Morgan fingerprint density at radius 1 is 1.06 bits per heavy atom. The lowest BCUT2D eigenvalue weighted by atomic mass is 9.52. The van der Waals surface area contributed by atoms with Crippen LogP contribution in [-0.2, 0) is 4.74 Å². The number of halogens is 1. The highest BCUT2D eigenvalue weighted by molar-refractivity contribution is 6.10. The summed E-state index contributed by atoms with van der Waals surface area (Å²) in [5.74, 6) is 0.0313. The summed E-state index contributed by atoms with van der Waals surface area (Å²) in [4.78, 5) is 26.2. The Kier molecular flexibility index (Phi) is 6.16.